The van der Waals surface area contributed by atoms with Gasteiger partial charge in [0.05, 0.1) is 0 Å². The number of likely N-dealkylation sites (N-methyl/N-ethyl adjacent to an activating group) is 1. The zero-order valence-electron chi connectivity index (χ0n) is 16.0. The Kier molecular flexibility index (Phi) is 9.16. The number of carbonyl (C=O) groups excluding carboxylic acids is 2. The van der Waals surface area contributed by atoms with Gasteiger partial charge in [0, 0.05) is 40.7 Å². The summed E-state index contributed by atoms with van der Waals surface area (Å²) in [6.45, 7) is 2.15. The Morgan fingerprint density at radius 3 is 2.46 bits per heavy atom. The quantitative estimate of drug-likeness (QED) is 0.558. The number of thioether (sulfide) groups is 1. The fourth-order valence-electron chi connectivity index (χ4n) is 2.84. The molecule has 1 N–H and O–H groups in total. The van der Waals surface area contributed by atoms with Crippen LogP contribution in [0.1, 0.15) is 25.3 Å². The zero-order chi connectivity index (χ0) is 20.5. The van der Waals surface area contributed by atoms with Crippen molar-refractivity contribution in [1.29, 1.82) is 0 Å². The third-order valence-corrected chi connectivity index (χ3v) is 5.92. The Bertz CT molecular complexity index is 802. The molecule has 0 spiro atoms. The minimum absolute atomic E-state index is 0.0788. The number of hydrogen-bond acceptors (Lipinski definition) is 3. The van der Waals surface area contributed by atoms with E-state index in [1.165, 1.54) is 0 Å². The summed E-state index contributed by atoms with van der Waals surface area (Å²) in [5.41, 5.74) is 0.762. The molecule has 0 bridgehead atoms. The molecule has 0 heterocycles. The number of carbonyl (C=O) groups is 2. The first-order valence-electron chi connectivity index (χ1n) is 9.09. The summed E-state index contributed by atoms with van der Waals surface area (Å²) >= 11 is 13.9. The highest BCUT2D eigenvalue weighted by atomic mass is 35.5. The molecule has 2 aromatic carbocycles. The van der Waals surface area contributed by atoms with Gasteiger partial charge in [-0.05, 0) is 36.2 Å². The van der Waals surface area contributed by atoms with Crippen molar-refractivity contribution < 1.29 is 9.59 Å². The monoisotopic (exact) mass is 438 g/mol. The van der Waals surface area contributed by atoms with E-state index >= 15 is 0 Å². The van der Waals surface area contributed by atoms with Crippen LogP contribution >= 0.6 is 35.0 Å². The van der Waals surface area contributed by atoms with Gasteiger partial charge in [0.15, 0.2) is 0 Å². The van der Waals surface area contributed by atoms with E-state index in [-0.39, 0.29) is 18.4 Å². The number of halogens is 2. The summed E-state index contributed by atoms with van der Waals surface area (Å²) < 4.78 is 0. The molecule has 4 nitrogen and oxygen atoms in total. The van der Waals surface area contributed by atoms with E-state index in [1.807, 2.05) is 37.3 Å². The van der Waals surface area contributed by atoms with Crippen molar-refractivity contribution in [3.05, 3.63) is 64.1 Å². The molecule has 28 heavy (non-hydrogen) atoms. The summed E-state index contributed by atoms with van der Waals surface area (Å²) in [5, 5.41) is 3.66. The molecule has 0 aliphatic carbocycles. The van der Waals surface area contributed by atoms with Gasteiger partial charge in [0.1, 0.15) is 6.04 Å². The molecule has 0 saturated heterocycles. The Balaban J connectivity index is 2.14. The van der Waals surface area contributed by atoms with Crippen molar-refractivity contribution in [2.45, 2.75) is 37.2 Å². The lowest BCUT2D eigenvalue weighted by Crippen LogP contribution is -2.48. The van der Waals surface area contributed by atoms with E-state index in [0.29, 0.717) is 28.6 Å². The Morgan fingerprint density at radius 1 is 1.14 bits per heavy atom. The average Bonchev–Trinajstić information content (AvgIpc) is 2.69. The van der Waals surface area contributed by atoms with E-state index in [0.717, 1.165) is 10.5 Å². The molecule has 0 fully saturated rings. The number of rotatable bonds is 9. The Hall–Kier alpha value is -1.69. The Labute approximate surface area is 180 Å². The summed E-state index contributed by atoms with van der Waals surface area (Å²) in [5.74, 6) is 0.374. The Morgan fingerprint density at radius 2 is 1.86 bits per heavy atom. The highest BCUT2D eigenvalue weighted by Gasteiger charge is 2.28. The molecule has 0 aliphatic rings. The fourth-order valence-corrected chi connectivity index (χ4v) is 4.17. The average molecular weight is 439 g/mol. The summed E-state index contributed by atoms with van der Waals surface area (Å²) in [6, 6.07) is 14.5. The van der Waals surface area contributed by atoms with Gasteiger partial charge < -0.3 is 10.2 Å². The number of benzene rings is 2. The highest BCUT2D eigenvalue weighted by Crippen LogP contribution is 2.25. The second kappa shape index (κ2) is 11.3. The van der Waals surface area contributed by atoms with Crippen molar-refractivity contribution in [1.82, 2.24) is 10.2 Å². The van der Waals surface area contributed by atoms with Crippen LogP contribution in [0.4, 0.5) is 0 Å². The van der Waals surface area contributed by atoms with Crippen molar-refractivity contribution in [3.8, 4) is 0 Å². The predicted octanol–water partition coefficient (Wildman–Crippen LogP) is 5.03. The molecule has 7 heteroatoms. The van der Waals surface area contributed by atoms with Gasteiger partial charge in [-0.3, -0.25) is 9.59 Å². The maximum atomic E-state index is 13.0. The van der Waals surface area contributed by atoms with Crippen molar-refractivity contribution >= 4 is 46.8 Å². The third-order valence-electron chi connectivity index (χ3n) is 4.32. The molecule has 2 rings (SSSR count). The number of amides is 2. The van der Waals surface area contributed by atoms with Crippen molar-refractivity contribution in [2.24, 2.45) is 0 Å². The van der Waals surface area contributed by atoms with Gasteiger partial charge >= 0.3 is 0 Å². The molecule has 0 aliphatic heterocycles. The van der Waals surface area contributed by atoms with Gasteiger partial charge in [-0.15, -0.1) is 11.8 Å². The van der Waals surface area contributed by atoms with Crippen LogP contribution in [0.25, 0.3) is 0 Å². The lowest BCUT2D eigenvalue weighted by molar-refractivity contribution is -0.140. The first-order valence-corrected chi connectivity index (χ1v) is 10.8. The maximum Gasteiger partial charge on any atom is 0.242 e. The summed E-state index contributed by atoms with van der Waals surface area (Å²) in [7, 11) is 1.58. The van der Waals surface area contributed by atoms with Crippen molar-refractivity contribution in [3.63, 3.8) is 0 Å². The van der Waals surface area contributed by atoms with Crippen LogP contribution in [-0.2, 0) is 16.1 Å². The smallest absolute Gasteiger partial charge is 0.242 e. The summed E-state index contributed by atoms with van der Waals surface area (Å²) in [4.78, 5) is 28.1. The van der Waals surface area contributed by atoms with E-state index in [1.54, 1.807) is 41.9 Å². The molecule has 2 aromatic rings. The molecular weight excluding hydrogens is 415 g/mol. The zero-order valence-corrected chi connectivity index (χ0v) is 18.3. The number of hydrogen-bond donors (Lipinski definition) is 1. The van der Waals surface area contributed by atoms with Crippen molar-refractivity contribution in [2.75, 3.05) is 12.8 Å². The van der Waals surface area contributed by atoms with Crippen LogP contribution < -0.4 is 5.32 Å². The SMILES string of the molecule is CC[C@H](C(=O)NC)N(Cc1ccc(Cl)cc1Cl)C(=O)CCSc1ccccc1. The second-order valence-corrected chi connectivity index (χ2v) is 8.22. The number of nitrogens with zero attached hydrogens (tertiary/aromatic N) is 1. The van der Waals surface area contributed by atoms with Crippen LogP contribution in [-0.4, -0.2) is 35.6 Å². The van der Waals surface area contributed by atoms with E-state index in [9.17, 15) is 9.59 Å². The van der Waals surface area contributed by atoms with E-state index in [2.05, 4.69) is 5.32 Å². The van der Waals surface area contributed by atoms with Gasteiger partial charge in [0.2, 0.25) is 11.8 Å². The van der Waals surface area contributed by atoms with Gasteiger partial charge in [-0.25, -0.2) is 0 Å². The van der Waals surface area contributed by atoms with Crippen LogP contribution in [0.5, 0.6) is 0 Å². The van der Waals surface area contributed by atoms with E-state index < -0.39 is 6.04 Å². The van der Waals surface area contributed by atoms with Crippen LogP contribution in [0, 0.1) is 0 Å². The molecule has 0 saturated carbocycles. The molecule has 0 radical (unpaired) electrons. The molecule has 150 valence electrons. The molecule has 0 aromatic heterocycles. The predicted molar refractivity (Wildman–Crippen MR) is 117 cm³/mol. The standard InChI is InChI=1S/C21H24Cl2N2O2S/c1-3-19(21(27)24-2)25(14-15-9-10-16(22)13-18(15)23)20(26)11-12-28-17-7-5-4-6-8-17/h4-10,13,19H,3,11-12,14H2,1-2H3,(H,24,27)/t19-/m1/s1. The lowest BCUT2D eigenvalue weighted by atomic mass is 10.1. The fraction of sp³-hybridized carbons (Fsp3) is 0.333. The van der Waals surface area contributed by atoms with E-state index in [4.69, 9.17) is 23.2 Å². The molecule has 0 unspecified atom stereocenters. The normalized spacial score (nSPS) is 11.7. The first-order chi connectivity index (χ1) is 13.5. The van der Waals surface area contributed by atoms with Gasteiger partial charge in [0.25, 0.3) is 0 Å². The molecule has 1 atom stereocenters. The highest BCUT2D eigenvalue weighted by molar-refractivity contribution is 7.99. The first kappa shape index (κ1) is 22.6. The molecule has 2 amide bonds. The minimum Gasteiger partial charge on any atom is -0.357 e. The minimum atomic E-state index is -0.550. The molecular formula is C21H24Cl2N2O2S. The van der Waals surface area contributed by atoms with Crippen LogP contribution in [0.15, 0.2) is 53.4 Å². The maximum absolute atomic E-state index is 13.0. The van der Waals surface area contributed by atoms with Crippen LogP contribution in [0.2, 0.25) is 10.0 Å². The van der Waals surface area contributed by atoms with Gasteiger partial charge in [-0.2, -0.15) is 0 Å². The van der Waals surface area contributed by atoms with Gasteiger partial charge in [-0.1, -0.05) is 54.4 Å². The second-order valence-electron chi connectivity index (χ2n) is 6.21. The summed E-state index contributed by atoms with van der Waals surface area (Å²) in [6.07, 6.45) is 0.848. The number of nitrogens with one attached hydrogen (secondary N) is 1. The lowest BCUT2D eigenvalue weighted by Gasteiger charge is -2.30. The third kappa shape index (κ3) is 6.43. The largest absolute Gasteiger partial charge is 0.357 e. The topological polar surface area (TPSA) is 49.4 Å². The van der Waals surface area contributed by atoms with Crippen LogP contribution in [0.3, 0.4) is 0 Å².